The number of halogens is 2. The normalized spacial score (nSPS) is 11.1. The number of hydrogen-bond acceptors (Lipinski definition) is 2. The third kappa shape index (κ3) is 2.57. The van der Waals surface area contributed by atoms with Crippen molar-refractivity contribution in [2.24, 2.45) is 0 Å². The van der Waals surface area contributed by atoms with Crippen molar-refractivity contribution in [1.29, 1.82) is 0 Å². The molecule has 0 amide bonds. The van der Waals surface area contributed by atoms with E-state index in [-0.39, 0.29) is 16.7 Å². The summed E-state index contributed by atoms with van der Waals surface area (Å²) >= 11 is 0. The first-order valence-corrected chi connectivity index (χ1v) is 5.57. The quantitative estimate of drug-likeness (QED) is 0.789. The summed E-state index contributed by atoms with van der Waals surface area (Å²) in [5.74, 6) is -3.21. The van der Waals surface area contributed by atoms with Crippen molar-refractivity contribution in [1.82, 2.24) is 0 Å². The molecule has 2 nitrogen and oxygen atoms in total. The van der Waals surface area contributed by atoms with Gasteiger partial charge < -0.3 is 0 Å². The minimum Gasteiger partial charge on any atom is -0.298 e. The first kappa shape index (κ1) is 13.1. The topological polar surface area (TPSA) is 34.1 Å². The van der Waals surface area contributed by atoms with Gasteiger partial charge in [-0.3, -0.25) is 9.59 Å². The molecule has 4 heteroatoms. The van der Waals surface area contributed by atoms with Crippen LogP contribution in [0.4, 0.5) is 8.78 Å². The summed E-state index contributed by atoms with van der Waals surface area (Å²) in [7, 11) is 0. The van der Waals surface area contributed by atoms with Gasteiger partial charge in [0.05, 0.1) is 0 Å². The highest BCUT2D eigenvalue weighted by molar-refractivity contribution is 5.75. The standard InChI is InChI=1S/C15H10F2O2/c16-15(17,13-6-4-11(9-18)5-7-13)14-3-1-2-12(8-14)10-19/h1-10H. The van der Waals surface area contributed by atoms with Crippen LogP contribution in [-0.4, -0.2) is 12.6 Å². The fraction of sp³-hybridized carbons (Fsp3) is 0.0667. The summed E-state index contributed by atoms with van der Waals surface area (Å²) in [4.78, 5) is 21.1. The molecule has 0 aromatic heterocycles. The van der Waals surface area contributed by atoms with E-state index in [2.05, 4.69) is 0 Å². The Balaban J connectivity index is 2.44. The Morgan fingerprint density at radius 1 is 0.789 bits per heavy atom. The van der Waals surface area contributed by atoms with E-state index in [1.165, 1.54) is 42.5 Å². The first-order chi connectivity index (χ1) is 9.07. The Bertz CT molecular complexity index is 604. The zero-order valence-corrected chi connectivity index (χ0v) is 9.85. The highest BCUT2D eigenvalue weighted by Gasteiger charge is 2.33. The van der Waals surface area contributed by atoms with Crippen LogP contribution in [0.1, 0.15) is 31.8 Å². The van der Waals surface area contributed by atoms with Gasteiger partial charge in [0.15, 0.2) is 0 Å². The third-order valence-electron chi connectivity index (χ3n) is 2.79. The van der Waals surface area contributed by atoms with Crippen LogP contribution in [0.25, 0.3) is 0 Å². The number of carbonyl (C=O) groups is 2. The fourth-order valence-corrected chi connectivity index (χ4v) is 1.74. The lowest BCUT2D eigenvalue weighted by Crippen LogP contribution is -2.15. The smallest absolute Gasteiger partial charge is 0.298 e. The average Bonchev–Trinajstić information content (AvgIpc) is 2.47. The van der Waals surface area contributed by atoms with Gasteiger partial charge in [0.1, 0.15) is 12.6 Å². The van der Waals surface area contributed by atoms with Crippen molar-refractivity contribution in [3.8, 4) is 0 Å². The lowest BCUT2D eigenvalue weighted by molar-refractivity contribution is 0.0428. The van der Waals surface area contributed by atoms with E-state index in [0.29, 0.717) is 18.1 Å². The number of alkyl halides is 2. The van der Waals surface area contributed by atoms with Crippen molar-refractivity contribution in [2.75, 3.05) is 0 Å². The van der Waals surface area contributed by atoms with Gasteiger partial charge >= 0.3 is 0 Å². The zero-order valence-electron chi connectivity index (χ0n) is 9.85. The molecule has 0 radical (unpaired) electrons. The van der Waals surface area contributed by atoms with E-state index in [1.807, 2.05) is 0 Å². The molecule has 96 valence electrons. The van der Waals surface area contributed by atoms with Gasteiger partial charge in [0, 0.05) is 22.3 Å². The van der Waals surface area contributed by atoms with Gasteiger partial charge in [-0.15, -0.1) is 0 Å². The van der Waals surface area contributed by atoms with Gasteiger partial charge in [-0.1, -0.05) is 42.5 Å². The van der Waals surface area contributed by atoms with E-state index in [9.17, 15) is 18.4 Å². The van der Waals surface area contributed by atoms with Gasteiger partial charge in [-0.25, -0.2) is 0 Å². The molecule has 0 bridgehead atoms. The van der Waals surface area contributed by atoms with Gasteiger partial charge in [0.2, 0.25) is 0 Å². The molecule has 0 heterocycles. The molecular weight excluding hydrogens is 250 g/mol. The number of benzene rings is 2. The van der Waals surface area contributed by atoms with Crippen LogP contribution in [0.3, 0.4) is 0 Å². The molecule has 0 N–H and O–H groups in total. The second-order valence-corrected chi connectivity index (χ2v) is 4.06. The molecule has 0 atom stereocenters. The maximum absolute atomic E-state index is 14.2. The molecule has 2 aromatic rings. The third-order valence-corrected chi connectivity index (χ3v) is 2.79. The minimum absolute atomic E-state index is 0.196. The van der Waals surface area contributed by atoms with E-state index in [4.69, 9.17) is 0 Å². The van der Waals surface area contributed by atoms with Crippen LogP contribution in [0, 0.1) is 0 Å². The van der Waals surface area contributed by atoms with E-state index in [0.717, 1.165) is 6.07 Å². The number of aldehydes is 2. The molecule has 0 fully saturated rings. The van der Waals surface area contributed by atoms with Crippen LogP contribution in [0.15, 0.2) is 48.5 Å². The molecular formula is C15H10F2O2. The van der Waals surface area contributed by atoms with Crippen LogP contribution < -0.4 is 0 Å². The molecule has 19 heavy (non-hydrogen) atoms. The van der Waals surface area contributed by atoms with Crippen molar-refractivity contribution in [2.45, 2.75) is 5.92 Å². The molecule has 2 aromatic carbocycles. The summed E-state index contributed by atoms with van der Waals surface area (Å²) in [5.41, 5.74) is 0.0555. The molecule has 0 saturated heterocycles. The highest BCUT2D eigenvalue weighted by Crippen LogP contribution is 2.35. The predicted octanol–water partition coefficient (Wildman–Crippen LogP) is 3.45. The molecule has 0 saturated carbocycles. The van der Waals surface area contributed by atoms with Crippen LogP contribution in [-0.2, 0) is 5.92 Å². The SMILES string of the molecule is O=Cc1ccc(C(F)(F)c2cccc(C=O)c2)cc1. The zero-order chi connectivity index (χ0) is 13.9. The Morgan fingerprint density at radius 3 is 2.00 bits per heavy atom. The lowest BCUT2D eigenvalue weighted by Gasteiger charge is -2.17. The van der Waals surface area contributed by atoms with Crippen molar-refractivity contribution < 1.29 is 18.4 Å². The molecule has 0 spiro atoms. The maximum Gasteiger partial charge on any atom is 0.298 e. The molecule has 2 rings (SSSR count). The van der Waals surface area contributed by atoms with Gasteiger partial charge in [0.25, 0.3) is 5.92 Å². The Hall–Kier alpha value is -2.36. The highest BCUT2D eigenvalue weighted by atomic mass is 19.3. The summed E-state index contributed by atoms with van der Waals surface area (Å²) in [6, 6.07) is 10.4. The Kier molecular flexibility index (Phi) is 3.51. The second-order valence-electron chi connectivity index (χ2n) is 4.06. The summed E-state index contributed by atoms with van der Waals surface area (Å²) in [5, 5.41) is 0. The van der Waals surface area contributed by atoms with Crippen LogP contribution >= 0.6 is 0 Å². The number of rotatable bonds is 4. The van der Waals surface area contributed by atoms with Crippen molar-refractivity contribution in [3.63, 3.8) is 0 Å². The molecule has 0 unspecified atom stereocenters. The van der Waals surface area contributed by atoms with Crippen LogP contribution in [0.5, 0.6) is 0 Å². The molecule has 0 aliphatic carbocycles. The Labute approximate surface area is 108 Å². The van der Waals surface area contributed by atoms with Crippen LogP contribution in [0.2, 0.25) is 0 Å². The van der Waals surface area contributed by atoms with Crippen molar-refractivity contribution >= 4 is 12.6 Å². The predicted molar refractivity (Wildman–Crippen MR) is 66.7 cm³/mol. The summed E-state index contributed by atoms with van der Waals surface area (Å²) in [6.45, 7) is 0. The van der Waals surface area contributed by atoms with Crippen molar-refractivity contribution in [3.05, 3.63) is 70.8 Å². The summed E-state index contributed by atoms with van der Waals surface area (Å²) in [6.07, 6.45) is 1.12. The average molecular weight is 260 g/mol. The van der Waals surface area contributed by atoms with E-state index >= 15 is 0 Å². The van der Waals surface area contributed by atoms with E-state index < -0.39 is 5.92 Å². The van der Waals surface area contributed by atoms with Gasteiger partial charge in [-0.05, 0) is 6.07 Å². The monoisotopic (exact) mass is 260 g/mol. The molecule has 0 aliphatic rings. The Morgan fingerprint density at radius 2 is 1.42 bits per heavy atom. The second kappa shape index (κ2) is 5.10. The van der Waals surface area contributed by atoms with E-state index in [1.54, 1.807) is 0 Å². The number of hydrogen-bond donors (Lipinski definition) is 0. The minimum atomic E-state index is -3.21. The molecule has 0 aliphatic heterocycles. The van der Waals surface area contributed by atoms with Gasteiger partial charge in [-0.2, -0.15) is 8.78 Å². The first-order valence-electron chi connectivity index (χ1n) is 5.57. The largest absolute Gasteiger partial charge is 0.298 e. The summed E-state index contributed by atoms with van der Waals surface area (Å²) < 4.78 is 28.5. The fourth-order valence-electron chi connectivity index (χ4n) is 1.74. The number of carbonyl (C=O) groups excluding carboxylic acids is 2. The lowest BCUT2D eigenvalue weighted by atomic mass is 9.98. The maximum atomic E-state index is 14.2.